The quantitative estimate of drug-likeness (QED) is 0.364. The summed E-state index contributed by atoms with van der Waals surface area (Å²) >= 11 is 0. The van der Waals surface area contributed by atoms with Crippen molar-refractivity contribution in [2.45, 2.75) is 39.7 Å². The fourth-order valence-electron chi connectivity index (χ4n) is 4.04. The molecule has 0 saturated carbocycles. The molecule has 0 bridgehead atoms. The molecule has 1 unspecified atom stereocenters. The van der Waals surface area contributed by atoms with Gasteiger partial charge in [0.05, 0.1) is 30.5 Å². The van der Waals surface area contributed by atoms with E-state index in [-0.39, 0.29) is 28.7 Å². The van der Waals surface area contributed by atoms with Gasteiger partial charge in [0, 0.05) is 44.0 Å². The van der Waals surface area contributed by atoms with E-state index in [9.17, 15) is 14.4 Å². The number of amides is 1. The highest BCUT2D eigenvalue weighted by Crippen LogP contribution is 2.40. The maximum Gasteiger partial charge on any atom is 0.278 e. The van der Waals surface area contributed by atoms with Crippen LogP contribution >= 0.6 is 0 Å². The van der Waals surface area contributed by atoms with E-state index in [1.54, 1.807) is 19.4 Å². The van der Waals surface area contributed by atoms with Crippen LogP contribution < -0.4 is 15.6 Å². The van der Waals surface area contributed by atoms with E-state index in [4.69, 9.17) is 14.3 Å². The highest BCUT2D eigenvalue weighted by atomic mass is 16.6. The smallest absolute Gasteiger partial charge is 0.278 e. The first-order chi connectivity index (χ1) is 15.3. The number of methoxy groups -OCH3 is 1. The Hall–Kier alpha value is -2.97. The molecule has 2 heterocycles. The van der Waals surface area contributed by atoms with Crippen molar-refractivity contribution in [3.05, 3.63) is 51.3 Å². The molecule has 8 nitrogen and oxygen atoms in total. The van der Waals surface area contributed by atoms with Crippen molar-refractivity contribution in [3.63, 3.8) is 0 Å². The maximum absolute atomic E-state index is 12.7. The molecule has 0 fully saturated rings. The van der Waals surface area contributed by atoms with E-state index in [1.165, 1.54) is 20.1 Å². The Kier molecular flexibility index (Phi) is 7.48. The second-order valence-corrected chi connectivity index (χ2v) is 8.25. The summed E-state index contributed by atoms with van der Waals surface area (Å²) in [6, 6.07) is 5.14. The molecule has 0 saturated heterocycles. The third-order valence-electron chi connectivity index (χ3n) is 5.69. The van der Waals surface area contributed by atoms with Crippen LogP contribution in [0, 0.1) is 5.92 Å². The normalized spacial score (nSPS) is 14.6. The number of carbonyl (C=O) groups excluding carboxylic acids is 2. The van der Waals surface area contributed by atoms with Gasteiger partial charge in [0.15, 0.2) is 11.2 Å². The molecular formula is C24H30N2O6. The first kappa shape index (κ1) is 23.7. The number of ketones is 1. The van der Waals surface area contributed by atoms with Gasteiger partial charge in [-0.2, -0.15) is 0 Å². The predicted molar refractivity (Wildman–Crippen MR) is 120 cm³/mol. The number of aromatic nitrogens is 1. The molecule has 1 aromatic heterocycles. The van der Waals surface area contributed by atoms with Crippen LogP contribution in [0.1, 0.15) is 59.5 Å². The van der Waals surface area contributed by atoms with Gasteiger partial charge in [-0.3, -0.25) is 19.2 Å². The van der Waals surface area contributed by atoms with E-state index in [0.717, 1.165) is 11.1 Å². The number of benzene rings is 1. The van der Waals surface area contributed by atoms with Gasteiger partial charge in [0.2, 0.25) is 0 Å². The number of nitrogens with one attached hydrogen (secondary N) is 1. The zero-order valence-corrected chi connectivity index (χ0v) is 19.2. The number of fused-ring (bicyclic) bond motifs is 3. The Bertz CT molecular complexity index is 1070. The zero-order chi connectivity index (χ0) is 23.4. The topological polar surface area (TPSA) is 95.9 Å². The van der Waals surface area contributed by atoms with Crippen LogP contribution in [0.3, 0.4) is 0 Å². The van der Waals surface area contributed by atoms with Crippen LogP contribution in [-0.4, -0.2) is 43.7 Å². The summed E-state index contributed by atoms with van der Waals surface area (Å²) in [5.74, 6) is -0.00402. The molecule has 1 atom stereocenters. The Labute approximate surface area is 187 Å². The summed E-state index contributed by atoms with van der Waals surface area (Å²) in [5.41, 5.74) is 4.90. The van der Waals surface area contributed by atoms with Crippen LogP contribution in [0.15, 0.2) is 29.2 Å². The molecule has 3 rings (SSSR count). The highest BCUT2D eigenvalue weighted by Gasteiger charge is 2.29. The van der Waals surface area contributed by atoms with E-state index >= 15 is 0 Å². The molecule has 1 aliphatic heterocycles. The lowest BCUT2D eigenvalue weighted by Crippen LogP contribution is -2.28. The predicted octanol–water partition coefficient (Wildman–Crippen LogP) is 3.18. The first-order valence-electron chi connectivity index (χ1n) is 10.7. The maximum atomic E-state index is 12.7. The van der Waals surface area contributed by atoms with Gasteiger partial charge in [-0.05, 0) is 37.0 Å². The molecule has 0 spiro atoms. The number of nitrogens with zero attached hydrogens (tertiary/aromatic N) is 1. The van der Waals surface area contributed by atoms with E-state index in [2.05, 4.69) is 19.3 Å². The molecule has 1 aromatic carbocycles. The van der Waals surface area contributed by atoms with Crippen LogP contribution in [0.5, 0.6) is 5.75 Å². The van der Waals surface area contributed by atoms with Crippen LogP contribution in [0.4, 0.5) is 0 Å². The molecule has 1 aliphatic rings. The number of carbonyl (C=O) groups is 2. The van der Waals surface area contributed by atoms with Crippen molar-refractivity contribution in [2.75, 3.05) is 27.4 Å². The number of pyridine rings is 1. The van der Waals surface area contributed by atoms with Crippen LogP contribution in [0.2, 0.25) is 0 Å². The SMILES string of the molecule is COCCCOc1cc2c(cc1C(=O)NOC)-c1cc(=O)c(C(C)=O)cn1C(C(C)C)C2. The molecule has 172 valence electrons. The Morgan fingerprint density at radius 1 is 1.16 bits per heavy atom. The minimum atomic E-state index is -0.447. The second-order valence-electron chi connectivity index (χ2n) is 8.25. The molecule has 1 N–H and O–H groups in total. The van der Waals surface area contributed by atoms with Gasteiger partial charge in [-0.25, -0.2) is 5.48 Å². The van der Waals surface area contributed by atoms with Gasteiger partial charge in [-0.15, -0.1) is 0 Å². The summed E-state index contributed by atoms with van der Waals surface area (Å²) in [6.45, 7) is 6.55. The van der Waals surface area contributed by atoms with E-state index < -0.39 is 5.91 Å². The Morgan fingerprint density at radius 2 is 1.91 bits per heavy atom. The van der Waals surface area contributed by atoms with Crippen molar-refractivity contribution in [2.24, 2.45) is 5.92 Å². The van der Waals surface area contributed by atoms with Crippen molar-refractivity contribution < 1.29 is 23.9 Å². The highest BCUT2D eigenvalue weighted by molar-refractivity contribution is 5.98. The van der Waals surface area contributed by atoms with Crippen LogP contribution in [0.25, 0.3) is 11.3 Å². The summed E-state index contributed by atoms with van der Waals surface area (Å²) in [4.78, 5) is 42.1. The average molecular weight is 443 g/mol. The number of Topliss-reactive ketones (excluding diaryl/α,β-unsaturated/α-hetero) is 1. The minimum Gasteiger partial charge on any atom is -0.493 e. The largest absolute Gasteiger partial charge is 0.493 e. The van der Waals surface area contributed by atoms with E-state index in [0.29, 0.717) is 43.1 Å². The number of hydrogen-bond acceptors (Lipinski definition) is 6. The Morgan fingerprint density at radius 3 is 2.53 bits per heavy atom. The second kappa shape index (κ2) is 10.1. The number of rotatable bonds is 9. The van der Waals surface area contributed by atoms with Crippen molar-refractivity contribution >= 4 is 11.7 Å². The van der Waals surface area contributed by atoms with Gasteiger partial charge in [-0.1, -0.05) is 13.8 Å². The van der Waals surface area contributed by atoms with Crippen molar-refractivity contribution in [1.29, 1.82) is 0 Å². The number of hydroxylamine groups is 1. The lowest BCUT2D eigenvalue weighted by Gasteiger charge is -2.34. The third-order valence-corrected chi connectivity index (χ3v) is 5.69. The van der Waals surface area contributed by atoms with E-state index in [1.807, 2.05) is 10.6 Å². The summed E-state index contributed by atoms with van der Waals surface area (Å²) in [6.07, 6.45) is 3.01. The molecule has 1 amide bonds. The lowest BCUT2D eigenvalue weighted by atomic mass is 9.86. The van der Waals surface area contributed by atoms with Gasteiger partial charge < -0.3 is 14.0 Å². The fourth-order valence-corrected chi connectivity index (χ4v) is 4.04. The molecular weight excluding hydrogens is 412 g/mol. The summed E-state index contributed by atoms with van der Waals surface area (Å²) < 4.78 is 13.0. The van der Waals surface area contributed by atoms with Crippen molar-refractivity contribution in [3.8, 4) is 17.0 Å². The standard InChI is InChI=1S/C24H30N2O6/c1-14(2)20-9-16-10-23(32-8-6-7-30-4)18(24(29)25-31-5)11-17(16)21-12-22(28)19(15(3)27)13-26(20)21/h10-14,20H,6-9H2,1-5H3,(H,25,29). The number of ether oxygens (including phenoxy) is 2. The third kappa shape index (κ3) is 4.76. The zero-order valence-electron chi connectivity index (χ0n) is 19.2. The summed E-state index contributed by atoms with van der Waals surface area (Å²) in [5, 5.41) is 0. The van der Waals surface area contributed by atoms with Crippen molar-refractivity contribution in [1.82, 2.24) is 10.0 Å². The average Bonchev–Trinajstić information content (AvgIpc) is 2.75. The first-order valence-corrected chi connectivity index (χ1v) is 10.7. The van der Waals surface area contributed by atoms with Crippen LogP contribution in [-0.2, 0) is 16.0 Å². The molecule has 2 aromatic rings. The summed E-state index contributed by atoms with van der Waals surface area (Å²) in [7, 11) is 2.99. The lowest BCUT2D eigenvalue weighted by molar-refractivity contribution is 0.0533. The molecule has 0 aliphatic carbocycles. The molecule has 0 radical (unpaired) electrons. The van der Waals surface area contributed by atoms with Gasteiger partial charge in [0.1, 0.15) is 5.75 Å². The monoisotopic (exact) mass is 442 g/mol. The Balaban J connectivity index is 2.17. The number of hydrogen-bond donors (Lipinski definition) is 1. The fraction of sp³-hybridized carbons (Fsp3) is 0.458. The van der Waals surface area contributed by atoms with Gasteiger partial charge >= 0.3 is 0 Å². The molecule has 32 heavy (non-hydrogen) atoms. The molecule has 8 heteroatoms. The minimum absolute atomic E-state index is 0.0520. The van der Waals surface area contributed by atoms with Gasteiger partial charge in [0.25, 0.3) is 5.91 Å².